The second-order valence-corrected chi connectivity index (χ2v) is 6.63. The highest BCUT2D eigenvalue weighted by molar-refractivity contribution is 6.31. The van der Waals surface area contributed by atoms with Crippen LogP contribution in [0.3, 0.4) is 0 Å². The number of halogens is 4. The molecule has 0 saturated carbocycles. The highest BCUT2D eigenvalue weighted by Crippen LogP contribution is 2.41. The molecule has 0 unspecified atom stereocenters. The van der Waals surface area contributed by atoms with Crippen LogP contribution in [-0.2, 0) is 6.18 Å². The molecule has 1 amide bonds. The van der Waals surface area contributed by atoms with E-state index in [1.54, 1.807) is 40.1 Å². The average Bonchev–Trinajstić information content (AvgIpc) is 2.67. The number of amides is 1. The molecule has 0 aromatic heterocycles. The maximum Gasteiger partial charge on any atom is 0.418 e. The molecule has 3 rings (SSSR count). The Morgan fingerprint density at radius 3 is 2.21 bits per heavy atom. The molecule has 0 aliphatic carbocycles. The molecule has 0 bridgehead atoms. The fraction of sp³-hybridized carbons (Fsp3) is 0.278. The van der Waals surface area contributed by atoms with Gasteiger partial charge in [0.05, 0.1) is 15.5 Å². The quantitative estimate of drug-likeness (QED) is 0.558. The Morgan fingerprint density at radius 2 is 1.68 bits per heavy atom. The fourth-order valence-corrected chi connectivity index (χ4v) is 3.35. The van der Waals surface area contributed by atoms with Crippen LogP contribution < -0.4 is 4.90 Å². The maximum absolute atomic E-state index is 13.0. The van der Waals surface area contributed by atoms with E-state index in [4.69, 9.17) is 11.6 Å². The van der Waals surface area contributed by atoms with Crippen molar-refractivity contribution in [1.29, 1.82) is 0 Å². The van der Waals surface area contributed by atoms with E-state index in [0.717, 1.165) is 6.07 Å². The zero-order valence-corrected chi connectivity index (χ0v) is 15.2. The number of nitrogens with zero attached hydrogens (tertiary/aromatic N) is 3. The molecule has 0 N–H and O–H groups in total. The van der Waals surface area contributed by atoms with E-state index in [0.29, 0.717) is 11.6 Å². The zero-order chi connectivity index (χ0) is 20.5. The summed E-state index contributed by atoms with van der Waals surface area (Å²) >= 11 is 5.74. The third kappa shape index (κ3) is 4.04. The summed E-state index contributed by atoms with van der Waals surface area (Å²) in [5.74, 6) is -0.166. The first-order chi connectivity index (χ1) is 13.2. The van der Waals surface area contributed by atoms with Crippen molar-refractivity contribution in [2.45, 2.75) is 6.18 Å². The molecule has 1 aliphatic rings. The lowest BCUT2D eigenvalue weighted by Crippen LogP contribution is -2.49. The number of nitro groups is 1. The third-order valence-corrected chi connectivity index (χ3v) is 4.81. The Morgan fingerprint density at radius 1 is 1.07 bits per heavy atom. The third-order valence-electron chi connectivity index (χ3n) is 4.49. The molecule has 2 aromatic rings. The summed E-state index contributed by atoms with van der Waals surface area (Å²) in [7, 11) is 0. The van der Waals surface area contributed by atoms with Gasteiger partial charge in [0.2, 0.25) is 0 Å². The molecule has 148 valence electrons. The van der Waals surface area contributed by atoms with Crippen LogP contribution in [0.15, 0.2) is 42.5 Å². The van der Waals surface area contributed by atoms with Crippen molar-refractivity contribution >= 4 is 28.9 Å². The SMILES string of the molecule is O=C(c1ccccc1)N1CCN(c2cc(Cl)c(C(F)(F)F)cc2[N+](=O)[O-])CC1. The minimum Gasteiger partial charge on any atom is -0.362 e. The Bertz CT molecular complexity index is 898. The molecule has 1 heterocycles. The first-order valence-corrected chi connectivity index (χ1v) is 8.70. The van der Waals surface area contributed by atoms with Crippen molar-refractivity contribution in [3.63, 3.8) is 0 Å². The second-order valence-electron chi connectivity index (χ2n) is 6.22. The number of hydrogen-bond acceptors (Lipinski definition) is 4. The lowest BCUT2D eigenvalue weighted by molar-refractivity contribution is -0.384. The molecule has 6 nitrogen and oxygen atoms in total. The molecule has 1 saturated heterocycles. The van der Waals surface area contributed by atoms with E-state index < -0.39 is 27.4 Å². The van der Waals surface area contributed by atoms with E-state index in [1.165, 1.54) is 0 Å². The molecule has 0 radical (unpaired) electrons. The van der Waals surface area contributed by atoms with Crippen LogP contribution in [0.5, 0.6) is 0 Å². The van der Waals surface area contributed by atoms with Crippen molar-refractivity contribution in [2.24, 2.45) is 0 Å². The van der Waals surface area contributed by atoms with Crippen molar-refractivity contribution in [1.82, 2.24) is 4.90 Å². The largest absolute Gasteiger partial charge is 0.418 e. The normalized spacial score (nSPS) is 14.9. The Hall–Kier alpha value is -2.81. The van der Waals surface area contributed by atoms with Gasteiger partial charge >= 0.3 is 6.18 Å². The van der Waals surface area contributed by atoms with Crippen molar-refractivity contribution in [3.05, 3.63) is 68.7 Å². The van der Waals surface area contributed by atoms with Gasteiger partial charge in [0.15, 0.2) is 0 Å². The van der Waals surface area contributed by atoms with Gasteiger partial charge in [-0.05, 0) is 18.2 Å². The molecule has 0 spiro atoms. The van der Waals surface area contributed by atoms with Gasteiger partial charge in [0.25, 0.3) is 11.6 Å². The van der Waals surface area contributed by atoms with Crippen LogP contribution in [-0.4, -0.2) is 41.9 Å². The number of hydrogen-bond donors (Lipinski definition) is 0. The molecule has 1 fully saturated rings. The van der Waals surface area contributed by atoms with Crippen LogP contribution in [0, 0.1) is 10.1 Å². The summed E-state index contributed by atoms with van der Waals surface area (Å²) in [5.41, 5.74) is -1.38. The highest BCUT2D eigenvalue weighted by Gasteiger charge is 2.37. The predicted octanol–water partition coefficient (Wildman–Crippen LogP) is 4.23. The van der Waals surface area contributed by atoms with Crippen molar-refractivity contribution in [2.75, 3.05) is 31.1 Å². The number of anilines is 1. The number of nitro benzene ring substituents is 1. The van der Waals surface area contributed by atoms with Crippen LogP contribution in [0.25, 0.3) is 0 Å². The standard InChI is InChI=1S/C18H15ClF3N3O3/c19-14-11-15(16(25(27)28)10-13(14)18(20,21)22)23-6-8-24(9-7-23)17(26)12-4-2-1-3-5-12/h1-5,10-11H,6-9H2. The van der Waals surface area contributed by atoms with Crippen LogP contribution >= 0.6 is 11.6 Å². The van der Waals surface area contributed by atoms with Crippen LogP contribution in [0.4, 0.5) is 24.5 Å². The fourth-order valence-electron chi connectivity index (χ4n) is 3.08. The number of benzene rings is 2. The molecule has 1 aliphatic heterocycles. The summed E-state index contributed by atoms with van der Waals surface area (Å²) < 4.78 is 39.0. The number of alkyl halides is 3. The topological polar surface area (TPSA) is 66.7 Å². The average molecular weight is 414 g/mol. The monoisotopic (exact) mass is 413 g/mol. The highest BCUT2D eigenvalue weighted by atomic mass is 35.5. The summed E-state index contributed by atoms with van der Waals surface area (Å²) in [6.45, 7) is 1.04. The van der Waals surface area contributed by atoms with Crippen LogP contribution in [0.2, 0.25) is 5.02 Å². The molecule has 28 heavy (non-hydrogen) atoms. The van der Waals surface area contributed by atoms with Gasteiger partial charge in [-0.3, -0.25) is 14.9 Å². The minimum atomic E-state index is -4.79. The smallest absolute Gasteiger partial charge is 0.362 e. The predicted molar refractivity (Wildman–Crippen MR) is 97.7 cm³/mol. The Labute approximate surface area is 163 Å². The maximum atomic E-state index is 13.0. The number of piperazine rings is 1. The van der Waals surface area contributed by atoms with Gasteiger partial charge in [-0.1, -0.05) is 29.8 Å². The second kappa shape index (κ2) is 7.67. The Balaban J connectivity index is 1.81. The lowest BCUT2D eigenvalue weighted by atomic mass is 10.1. The van der Waals surface area contributed by atoms with Gasteiger partial charge in [-0.15, -0.1) is 0 Å². The summed E-state index contributed by atoms with van der Waals surface area (Å²) in [6, 6.07) is 10.1. The van der Waals surface area contributed by atoms with Gasteiger partial charge in [-0.2, -0.15) is 13.2 Å². The van der Waals surface area contributed by atoms with Gasteiger partial charge < -0.3 is 9.80 Å². The minimum absolute atomic E-state index is 0.00908. The lowest BCUT2D eigenvalue weighted by Gasteiger charge is -2.36. The van der Waals surface area contributed by atoms with E-state index >= 15 is 0 Å². The van der Waals surface area contributed by atoms with Crippen LogP contribution in [0.1, 0.15) is 15.9 Å². The first kappa shape index (κ1) is 19.9. The number of carbonyl (C=O) groups excluding carboxylic acids is 1. The van der Waals surface area contributed by atoms with E-state index in [9.17, 15) is 28.1 Å². The number of rotatable bonds is 3. The van der Waals surface area contributed by atoms with Gasteiger partial charge in [0.1, 0.15) is 5.69 Å². The van der Waals surface area contributed by atoms with Gasteiger partial charge in [0, 0.05) is 37.8 Å². The van der Waals surface area contributed by atoms with Crippen molar-refractivity contribution < 1.29 is 22.9 Å². The molecule has 10 heteroatoms. The molecule has 0 atom stereocenters. The number of carbonyl (C=O) groups is 1. The Kier molecular flexibility index (Phi) is 5.46. The van der Waals surface area contributed by atoms with E-state index in [-0.39, 0.29) is 37.8 Å². The summed E-state index contributed by atoms with van der Waals surface area (Å²) in [5, 5.41) is 10.7. The molecule has 2 aromatic carbocycles. The summed E-state index contributed by atoms with van der Waals surface area (Å²) in [4.78, 5) is 26.1. The van der Waals surface area contributed by atoms with Crippen molar-refractivity contribution in [3.8, 4) is 0 Å². The summed E-state index contributed by atoms with van der Waals surface area (Å²) in [6.07, 6.45) is -4.79. The molecular weight excluding hydrogens is 399 g/mol. The molecular formula is C18H15ClF3N3O3. The van der Waals surface area contributed by atoms with Gasteiger partial charge in [-0.25, -0.2) is 0 Å². The van der Waals surface area contributed by atoms with E-state index in [2.05, 4.69) is 0 Å². The first-order valence-electron chi connectivity index (χ1n) is 8.33. The van der Waals surface area contributed by atoms with E-state index in [1.807, 2.05) is 0 Å². The zero-order valence-electron chi connectivity index (χ0n) is 14.4.